The van der Waals surface area contributed by atoms with E-state index in [4.69, 9.17) is 5.14 Å². The van der Waals surface area contributed by atoms with Crippen LogP contribution in [0.25, 0.3) is 0 Å². The highest BCUT2D eigenvalue weighted by atomic mass is 32.2. The molecular weight excluding hydrogens is 366 g/mol. The summed E-state index contributed by atoms with van der Waals surface area (Å²) in [7, 11) is -3.67. The predicted octanol–water partition coefficient (Wildman–Crippen LogP) is 1.40. The van der Waals surface area contributed by atoms with Crippen LogP contribution in [0.15, 0.2) is 41.6 Å². The van der Waals surface area contributed by atoms with E-state index in [9.17, 15) is 13.2 Å². The van der Waals surface area contributed by atoms with Crippen molar-refractivity contribution in [3.63, 3.8) is 0 Å². The second-order valence-corrected chi connectivity index (χ2v) is 8.08. The number of hydrogen-bond donors (Lipinski definition) is 2. The monoisotopic (exact) mass is 389 g/mol. The van der Waals surface area contributed by atoms with Crippen LogP contribution < -0.4 is 10.5 Å². The normalized spacial score (nSPS) is 14.8. The average molecular weight is 389 g/mol. The number of benzene rings is 1. The number of nitrogens with zero attached hydrogens (tertiary/aromatic N) is 3. The van der Waals surface area contributed by atoms with Crippen molar-refractivity contribution in [3.8, 4) is 0 Å². The minimum absolute atomic E-state index is 0.0174. The lowest BCUT2D eigenvalue weighted by Crippen LogP contribution is -2.35. The molecule has 27 heavy (non-hydrogen) atoms. The number of piperidine rings is 1. The SMILES string of the molecule is NS(=O)(=O)c1ccc(CCNc2ncc(C(=O)N3CCCCC3)cn2)cc1. The van der Waals surface area contributed by atoms with Crippen molar-refractivity contribution in [1.82, 2.24) is 14.9 Å². The molecule has 3 N–H and O–H groups in total. The number of nitrogens with two attached hydrogens (primary N) is 1. The number of aromatic nitrogens is 2. The average Bonchev–Trinajstić information content (AvgIpc) is 2.68. The second-order valence-electron chi connectivity index (χ2n) is 6.51. The Morgan fingerprint density at radius 2 is 1.70 bits per heavy atom. The Balaban J connectivity index is 1.50. The van der Waals surface area contributed by atoms with Crippen LogP contribution in [-0.4, -0.2) is 48.8 Å². The number of sulfonamides is 1. The molecule has 1 aromatic carbocycles. The lowest BCUT2D eigenvalue weighted by Gasteiger charge is -2.26. The van der Waals surface area contributed by atoms with Crippen LogP contribution in [0.1, 0.15) is 35.2 Å². The molecule has 1 aliphatic heterocycles. The molecule has 3 rings (SSSR count). The van der Waals surface area contributed by atoms with Gasteiger partial charge in [-0.05, 0) is 43.4 Å². The van der Waals surface area contributed by atoms with Crippen molar-refractivity contribution < 1.29 is 13.2 Å². The third-order valence-corrected chi connectivity index (χ3v) is 5.42. The zero-order valence-electron chi connectivity index (χ0n) is 15.0. The Morgan fingerprint density at radius 3 is 2.30 bits per heavy atom. The number of carbonyl (C=O) groups is 1. The number of amides is 1. The van der Waals surface area contributed by atoms with Crippen molar-refractivity contribution in [1.29, 1.82) is 0 Å². The van der Waals surface area contributed by atoms with Gasteiger partial charge in [-0.1, -0.05) is 12.1 Å². The number of primary sulfonamides is 1. The molecule has 2 heterocycles. The van der Waals surface area contributed by atoms with Crippen molar-refractivity contribution in [2.75, 3.05) is 25.0 Å². The molecule has 2 aromatic rings. The fraction of sp³-hybridized carbons (Fsp3) is 0.389. The first kappa shape index (κ1) is 19.2. The summed E-state index contributed by atoms with van der Waals surface area (Å²) in [6.45, 7) is 2.17. The van der Waals surface area contributed by atoms with Crippen LogP contribution in [0.5, 0.6) is 0 Å². The van der Waals surface area contributed by atoms with Gasteiger partial charge >= 0.3 is 0 Å². The Morgan fingerprint density at radius 1 is 1.07 bits per heavy atom. The summed E-state index contributed by atoms with van der Waals surface area (Å²) in [5, 5.41) is 8.17. The molecule has 0 unspecified atom stereocenters. The number of hydrogen-bond acceptors (Lipinski definition) is 6. The van der Waals surface area contributed by atoms with Gasteiger partial charge in [0, 0.05) is 32.0 Å². The van der Waals surface area contributed by atoms with Crippen LogP contribution in [0, 0.1) is 0 Å². The number of likely N-dealkylation sites (tertiary alicyclic amines) is 1. The van der Waals surface area contributed by atoms with Gasteiger partial charge in [0.25, 0.3) is 5.91 Å². The summed E-state index contributed by atoms with van der Waals surface area (Å²) in [5.74, 6) is 0.433. The van der Waals surface area contributed by atoms with Gasteiger partial charge in [-0.3, -0.25) is 4.79 Å². The zero-order valence-corrected chi connectivity index (χ0v) is 15.8. The van der Waals surface area contributed by atoms with Gasteiger partial charge in [0.1, 0.15) is 0 Å². The molecule has 9 heteroatoms. The highest BCUT2D eigenvalue weighted by Crippen LogP contribution is 2.13. The predicted molar refractivity (Wildman–Crippen MR) is 102 cm³/mol. The molecule has 1 amide bonds. The van der Waals surface area contributed by atoms with Crippen molar-refractivity contribution >= 4 is 21.9 Å². The van der Waals surface area contributed by atoms with Crippen LogP contribution in [0.2, 0.25) is 0 Å². The summed E-state index contributed by atoms with van der Waals surface area (Å²) in [6, 6.07) is 6.43. The molecule has 8 nitrogen and oxygen atoms in total. The summed E-state index contributed by atoms with van der Waals surface area (Å²) in [4.78, 5) is 22.7. The van der Waals surface area contributed by atoms with Crippen molar-refractivity contribution in [2.24, 2.45) is 5.14 Å². The van der Waals surface area contributed by atoms with Gasteiger partial charge in [0.05, 0.1) is 10.5 Å². The lowest BCUT2D eigenvalue weighted by atomic mass is 10.1. The largest absolute Gasteiger partial charge is 0.354 e. The second kappa shape index (κ2) is 8.45. The fourth-order valence-electron chi connectivity index (χ4n) is 2.97. The van der Waals surface area contributed by atoms with Gasteiger partial charge in [-0.2, -0.15) is 0 Å². The van der Waals surface area contributed by atoms with E-state index in [1.54, 1.807) is 24.5 Å². The van der Waals surface area contributed by atoms with Crippen molar-refractivity contribution in [3.05, 3.63) is 47.8 Å². The molecular formula is C18H23N5O3S. The number of anilines is 1. The van der Waals surface area contributed by atoms with E-state index in [0.29, 0.717) is 24.5 Å². The molecule has 1 aromatic heterocycles. The van der Waals surface area contributed by atoms with Crippen LogP contribution in [-0.2, 0) is 16.4 Å². The maximum atomic E-state index is 12.4. The topological polar surface area (TPSA) is 118 Å². The van der Waals surface area contributed by atoms with Crippen LogP contribution in [0.3, 0.4) is 0 Å². The van der Waals surface area contributed by atoms with E-state index < -0.39 is 10.0 Å². The maximum absolute atomic E-state index is 12.4. The molecule has 0 aliphatic carbocycles. The highest BCUT2D eigenvalue weighted by molar-refractivity contribution is 7.89. The Kier molecular flexibility index (Phi) is 6.02. The third-order valence-electron chi connectivity index (χ3n) is 4.49. The van der Waals surface area contributed by atoms with E-state index in [0.717, 1.165) is 31.5 Å². The molecule has 0 radical (unpaired) electrons. The quantitative estimate of drug-likeness (QED) is 0.771. The number of carbonyl (C=O) groups excluding carboxylic acids is 1. The number of rotatable bonds is 6. The molecule has 1 fully saturated rings. The lowest BCUT2D eigenvalue weighted by molar-refractivity contribution is 0.0723. The summed E-state index contributed by atoms with van der Waals surface area (Å²) in [6.07, 6.45) is 7.03. The standard InChI is InChI=1S/C18H23N5O3S/c19-27(25,26)16-6-4-14(5-7-16)8-9-20-18-21-12-15(13-22-18)17(24)23-10-2-1-3-11-23/h4-7,12-13H,1-3,8-11H2,(H2,19,25,26)(H,20,21,22). The third kappa shape index (κ3) is 5.24. The first-order valence-electron chi connectivity index (χ1n) is 8.90. The molecule has 1 aliphatic rings. The molecule has 0 saturated carbocycles. The maximum Gasteiger partial charge on any atom is 0.256 e. The van der Waals surface area contributed by atoms with E-state index in [-0.39, 0.29) is 10.8 Å². The smallest absolute Gasteiger partial charge is 0.256 e. The Bertz CT molecular complexity index is 876. The molecule has 1 saturated heterocycles. The van der Waals surface area contributed by atoms with E-state index in [1.165, 1.54) is 18.6 Å². The van der Waals surface area contributed by atoms with Gasteiger partial charge in [-0.15, -0.1) is 0 Å². The molecule has 0 bridgehead atoms. The molecule has 0 spiro atoms. The first-order chi connectivity index (χ1) is 12.9. The van der Waals surface area contributed by atoms with Gasteiger partial charge in [0.15, 0.2) is 0 Å². The highest BCUT2D eigenvalue weighted by Gasteiger charge is 2.18. The van der Waals surface area contributed by atoms with Crippen LogP contribution >= 0.6 is 0 Å². The molecule has 0 atom stereocenters. The summed E-state index contributed by atoms with van der Waals surface area (Å²) < 4.78 is 22.5. The first-order valence-corrected chi connectivity index (χ1v) is 10.4. The Hall–Kier alpha value is -2.52. The molecule has 144 valence electrons. The zero-order chi connectivity index (χ0) is 19.3. The summed E-state index contributed by atoms with van der Waals surface area (Å²) in [5.41, 5.74) is 1.47. The van der Waals surface area contributed by atoms with E-state index >= 15 is 0 Å². The van der Waals surface area contributed by atoms with Crippen LogP contribution in [0.4, 0.5) is 5.95 Å². The fourth-order valence-corrected chi connectivity index (χ4v) is 3.49. The summed E-state index contributed by atoms with van der Waals surface area (Å²) >= 11 is 0. The van der Waals surface area contributed by atoms with E-state index in [1.807, 2.05) is 4.90 Å². The number of nitrogens with one attached hydrogen (secondary N) is 1. The van der Waals surface area contributed by atoms with Gasteiger partial charge < -0.3 is 10.2 Å². The van der Waals surface area contributed by atoms with E-state index in [2.05, 4.69) is 15.3 Å². The minimum Gasteiger partial charge on any atom is -0.354 e. The van der Waals surface area contributed by atoms with Gasteiger partial charge in [-0.25, -0.2) is 23.5 Å². The van der Waals surface area contributed by atoms with Gasteiger partial charge in [0.2, 0.25) is 16.0 Å². The van der Waals surface area contributed by atoms with Crippen molar-refractivity contribution in [2.45, 2.75) is 30.6 Å². The minimum atomic E-state index is -3.67. The Labute approximate surface area is 158 Å².